The topological polar surface area (TPSA) is 99.3 Å². The van der Waals surface area contributed by atoms with E-state index in [0.29, 0.717) is 17.9 Å². The predicted octanol–water partition coefficient (Wildman–Crippen LogP) is 3.52. The summed E-state index contributed by atoms with van der Waals surface area (Å²) in [4.78, 5) is 22.7. The second kappa shape index (κ2) is 10.7. The van der Waals surface area contributed by atoms with Crippen molar-refractivity contribution >= 4 is 18.5 Å². The van der Waals surface area contributed by atoms with E-state index < -0.39 is 6.16 Å². The van der Waals surface area contributed by atoms with Gasteiger partial charge in [-0.3, -0.25) is 0 Å². The van der Waals surface area contributed by atoms with Crippen LogP contribution < -0.4 is 0 Å². The van der Waals surface area contributed by atoms with Gasteiger partial charge in [-0.15, -0.1) is 0 Å². The van der Waals surface area contributed by atoms with Crippen LogP contribution in [-0.4, -0.2) is 72.4 Å². The average molecular weight is 419 g/mol. The summed E-state index contributed by atoms with van der Waals surface area (Å²) < 4.78 is 12.8. The second-order valence-electron chi connectivity index (χ2n) is 7.88. The fourth-order valence-electron chi connectivity index (χ4n) is 3.95. The largest absolute Gasteiger partial charge is 0.504 e. The van der Waals surface area contributed by atoms with Crippen molar-refractivity contribution in [3.8, 4) is 0 Å². The molecule has 8 nitrogen and oxygen atoms in total. The van der Waals surface area contributed by atoms with Crippen LogP contribution in [0.3, 0.4) is 0 Å². The van der Waals surface area contributed by atoms with E-state index in [2.05, 4.69) is 10.8 Å². The Labute approximate surface area is 177 Å². The van der Waals surface area contributed by atoms with Gasteiger partial charge in [-0.25, -0.2) is 14.2 Å². The number of likely N-dealkylation sites (tertiary alicyclic amines) is 1. The van der Waals surface area contributed by atoms with E-state index >= 15 is 0 Å². The Morgan fingerprint density at radius 2 is 1.80 bits per heavy atom. The van der Waals surface area contributed by atoms with Crippen molar-refractivity contribution in [3.05, 3.63) is 47.7 Å². The van der Waals surface area contributed by atoms with Gasteiger partial charge in [0.25, 0.3) is 0 Å². The molecule has 30 heavy (non-hydrogen) atoms. The third-order valence-corrected chi connectivity index (χ3v) is 5.48. The lowest BCUT2D eigenvalue weighted by molar-refractivity contribution is -0.459. The minimum absolute atomic E-state index is 0.201. The third-order valence-electron chi connectivity index (χ3n) is 5.48. The Kier molecular flexibility index (Phi) is 8.26. The van der Waals surface area contributed by atoms with Crippen LogP contribution in [0.25, 0.3) is 0 Å². The number of methoxy groups -OCH3 is 1. The molecule has 1 atom stereocenters. The molecule has 0 radical (unpaired) electrons. The molecular weight excluding hydrogens is 388 g/mol. The van der Waals surface area contributed by atoms with E-state index in [0.717, 1.165) is 31.5 Å². The van der Waals surface area contributed by atoms with Crippen molar-refractivity contribution in [3.63, 3.8) is 0 Å². The first kappa shape index (κ1) is 23.3. The number of carboxylic acid groups (broad SMARTS) is 2. The summed E-state index contributed by atoms with van der Waals surface area (Å²) in [6.45, 7) is 1.88. The molecule has 2 aliphatic rings. The lowest BCUT2D eigenvalue weighted by Crippen LogP contribution is -2.40. The van der Waals surface area contributed by atoms with E-state index in [1.54, 1.807) is 7.11 Å². The molecule has 1 aromatic carbocycles. The highest BCUT2D eigenvalue weighted by atomic mass is 16.6. The van der Waals surface area contributed by atoms with E-state index in [1.807, 2.05) is 55.6 Å². The third kappa shape index (κ3) is 6.79. The fourth-order valence-corrected chi connectivity index (χ4v) is 3.95. The van der Waals surface area contributed by atoms with Gasteiger partial charge in [-0.2, -0.15) is 0 Å². The number of piperidine rings is 1. The molecule has 1 saturated carbocycles. The molecule has 1 aromatic rings. The zero-order valence-electron chi connectivity index (χ0n) is 17.8. The summed E-state index contributed by atoms with van der Waals surface area (Å²) in [6, 6.07) is 9.81. The van der Waals surface area contributed by atoms with Crippen LogP contribution in [0.2, 0.25) is 0 Å². The molecule has 3 rings (SSSR count). The molecule has 0 unspecified atom stereocenters. The molecule has 0 bridgehead atoms. The first-order valence-electron chi connectivity index (χ1n) is 9.89. The molecule has 0 aromatic heterocycles. The number of allylic oxidation sites excluding steroid dienone is 1. The molecule has 1 heterocycles. The Balaban J connectivity index is 0.000000735. The second-order valence-corrected chi connectivity index (χ2v) is 7.88. The van der Waals surface area contributed by atoms with Crippen LogP contribution in [-0.2, 0) is 16.1 Å². The summed E-state index contributed by atoms with van der Waals surface area (Å²) in [6.07, 6.45) is 5.21. The maximum atomic E-state index is 12.3. The van der Waals surface area contributed by atoms with Gasteiger partial charge in [0, 0.05) is 13.1 Å². The Morgan fingerprint density at radius 3 is 2.33 bits per heavy atom. The minimum atomic E-state index is -1.83. The fraction of sp³-hybridized carbons (Fsp3) is 0.500. The minimum Gasteiger partial charge on any atom is -0.504 e. The highest BCUT2D eigenvalue weighted by molar-refractivity contribution is 5.76. The zero-order chi connectivity index (χ0) is 22.1. The number of carbonyl (C=O) groups excluding carboxylic acids is 1. The lowest BCUT2D eigenvalue weighted by atomic mass is 9.89. The SMILES string of the molecule is COC=C(C=[N+](C)C)[C@@H]1CC12CCN(C(=O)OCc1ccccc1)CC2.O=C(O)O. The van der Waals surface area contributed by atoms with Crippen LogP contribution in [0.15, 0.2) is 42.2 Å². The Bertz CT molecular complexity index is 774. The number of carbonyl (C=O) groups is 2. The van der Waals surface area contributed by atoms with Crippen LogP contribution in [0.4, 0.5) is 9.59 Å². The normalized spacial score (nSPS) is 19.2. The molecule has 1 aliphatic carbocycles. The van der Waals surface area contributed by atoms with Crippen LogP contribution in [0, 0.1) is 11.3 Å². The van der Waals surface area contributed by atoms with Gasteiger partial charge in [-0.05, 0) is 36.2 Å². The number of benzene rings is 1. The first-order chi connectivity index (χ1) is 14.3. The number of amides is 1. The summed E-state index contributed by atoms with van der Waals surface area (Å²) in [5.74, 6) is 0.535. The van der Waals surface area contributed by atoms with E-state index in [1.165, 1.54) is 12.0 Å². The summed E-state index contributed by atoms with van der Waals surface area (Å²) in [7, 11) is 5.76. The van der Waals surface area contributed by atoms with E-state index in [4.69, 9.17) is 24.5 Å². The maximum absolute atomic E-state index is 12.3. The molecule has 2 fully saturated rings. The molecular formula is C22H31N2O6+. The van der Waals surface area contributed by atoms with Crippen molar-refractivity contribution in [2.75, 3.05) is 34.3 Å². The smallest absolute Gasteiger partial charge is 0.503 e. The van der Waals surface area contributed by atoms with Crippen molar-refractivity contribution < 1.29 is 33.9 Å². The molecule has 1 amide bonds. The van der Waals surface area contributed by atoms with E-state index in [9.17, 15) is 4.79 Å². The van der Waals surface area contributed by atoms with Gasteiger partial charge in [-0.1, -0.05) is 30.3 Å². The highest BCUT2D eigenvalue weighted by Gasteiger charge is 2.57. The number of rotatable bonds is 5. The average Bonchev–Trinajstić information content (AvgIpc) is 3.39. The Morgan fingerprint density at radius 1 is 1.20 bits per heavy atom. The van der Waals surface area contributed by atoms with Crippen molar-refractivity contribution in [2.24, 2.45) is 11.3 Å². The zero-order valence-corrected chi connectivity index (χ0v) is 17.8. The highest BCUT2D eigenvalue weighted by Crippen LogP contribution is 2.62. The van der Waals surface area contributed by atoms with Crippen molar-refractivity contribution in [1.82, 2.24) is 4.90 Å². The lowest BCUT2D eigenvalue weighted by Gasteiger charge is -2.32. The molecule has 1 spiro atoms. The number of ether oxygens (including phenoxy) is 2. The quantitative estimate of drug-likeness (QED) is 0.430. The van der Waals surface area contributed by atoms with Crippen LogP contribution >= 0.6 is 0 Å². The monoisotopic (exact) mass is 419 g/mol. The molecule has 8 heteroatoms. The van der Waals surface area contributed by atoms with Crippen LogP contribution in [0.5, 0.6) is 0 Å². The molecule has 1 saturated heterocycles. The van der Waals surface area contributed by atoms with Gasteiger partial charge >= 0.3 is 12.2 Å². The standard InChI is InChI=1S/C21H29N2O3.CH2O3/c1-22(2)14-18(16-25-3)19-13-21(19)9-11-23(12-10-21)20(24)26-15-17-7-5-4-6-8-17;2-1(3)4/h4-8,14,16,19H,9-13,15H2,1-3H3;(H2,2,3,4)/q+1;/t19-;/m0./s1. The van der Waals surface area contributed by atoms with Gasteiger partial charge in [0.2, 0.25) is 0 Å². The number of hydrogen-bond donors (Lipinski definition) is 2. The van der Waals surface area contributed by atoms with Crippen LogP contribution in [0.1, 0.15) is 24.8 Å². The summed E-state index contributed by atoms with van der Waals surface area (Å²) in [5, 5.41) is 13.9. The Hall–Kier alpha value is -3.03. The summed E-state index contributed by atoms with van der Waals surface area (Å²) in [5.41, 5.74) is 2.59. The van der Waals surface area contributed by atoms with Gasteiger partial charge in [0.15, 0.2) is 6.21 Å². The number of nitrogens with zero attached hydrogens (tertiary/aromatic N) is 2. The first-order valence-corrected chi connectivity index (χ1v) is 9.89. The van der Waals surface area contributed by atoms with Gasteiger partial charge in [0.05, 0.1) is 18.9 Å². The van der Waals surface area contributed by atoms with E-state index in [-0.39, 0.29) is 6.09 Å². The van der Waals surface area contributed by atoms with Gasteiger partial charge in [0.1, 0.15) is 20.7 Å². The van der Waals surface area contributed by atoms with Crippen molar-refractivity contribution in [2.45, 2.75) is 25.9 Å². The summed E-state index contributed by atoms with van der Waals surface area (Å²) >= 11 is 0. The number of hydrogen-bond acceptors (Lipinski definition) is 4. The predicted molar refractivity (Wildman–Crippen MR) is 112 cm³/mol. The molecule has 164 valence electrons. The maximum Gasteiger partial charge on any atom is 0.503 e. The molecule has 2 N–H and O–H groups in total. The van der Waals surface area contributed by atoms with Gasteiger partial charge < -0.3 is 24.6 Å². The molecule has 1 aliphatic heterocycles. The van der Waals surface area contributed by atoms with Crippen molar-refractivity contribution in [1.29, 1.82) is 0 Å².